The first kappa shape index (κ1) is 21.6. The number of carbonyl (C=O) groups is 1. The van der Waals surface area contributed by atoms with E-state index in [9.17, 15) is 15.0 Å². The third kappa shape index (κ3) is 7.60. The monoisotopic (exact) mass is 362 g/mol. The fourth-order valence-corrected chi connectivity index (χ4v) is 1.95. The van der Waals surface area contributed by atoms with Crippen LogP contribution in [0.3, 0.4) is 0 Å². The molecular formula is C19H26N2O5. The summed E-state index contributed by atoms with van der Waals surface area (Å²) < 4.78 is 0. The number of aliphatic hydroxyl groups excluding tert-OH is 2. The van der Waals surface area contributed by atoms with Crippen molar-refractivity contribution in [1.29, 1.82) is 0 Å². The van der Waals surface area contributed by atoms with Gasteiger partial charge in [-0.05, 0) is 50.6 Å². The third-order valence-electron chi connectivity index (χ3n) is 3.39. The number of hydrogen-bond donors (Lipinski definition) is 5. The van der Waals surface area contributed by atoms with E-state index in [1.807, 2.05) is 20.8 Å². The van der Waals surface area contributed by atoms with Crippen LogP contribution in [0.1, 0.15) is 48.4 Å². The Morgan fingerprint density at radius 1 is 1.27 bits per heavy atom. The first-order valence-electron chi connectivity index (χ1n) is 8.13. The molecule has 0 aliphatic heterocycles. The van der Waals surface area contributed by atoms with Crippen LogP contribution in [-0.4, -0.2) is 43.5 Å². The van der Waals surface area contributed by atoms with Crippen molar-refractivity contribution in [2.45, 2.75) is 39.0 Å². The molecule has 0 unspecified atom stereocenters. The van der Waals surface area contributed by atoms with Gasteiger partial charge in [0.15, 0.2) is 0 Å². The van der Waals surface area contributed by atoms with Crippen molar-refractivity contribution >= 4 is 5.97 Å². The molecule has 2 rings (SSSR count). The van der Waals surface area contributed by atoms with E-state index in [4.69, 9.17) is 10.2 Å². The van der Waals surface area contributed by atoms with Gasteiger partial charge in [0.05, 0.1) is 18.3 Å². The maximum atomic E-state index is 10.2. The highest BCUT2D eigenvalue weighted by Crippen LogP contribution is 2.22. The van der Waals surface area contributed by atoms with E-state index in [0.29, 0.717) is 17.7 Å². The highest BCUT2D eigenvalue weighted by Gasteiger charge is 2.14. The first-order chi connectivity index (χ1) is 12.1. The summed E-state index contributed by atoms with van der Waals surface area (Å²) in [6, 6.07) is 7.84. The van der Waals surface area contributed by atoms with E-state index in [1.165, 1.54) is 24.5 Å². The minimum atomic E-state index is -0.942. The highest BCUT2D eigenvalue weighted by atomic mass is 16.4. The summed E-state index contributed by atoms with van der Waals surface area (Å²) in [5, 5.41) is 40.0. The Morgan fingerprint density at radius 2 is 1.96 bits per heavy atom. The van der Waals surface area contributed by atoms with Gasteiger partial charge in [0, 0.05) is 30.0 Å². The number of carboxylic acids is 1. The minimum Gasteiger partial charge on any atom is -0.508 e. The number of nitrogens with one attached hydrogen (secondary N) is 1. The number of rotatable bonds is 5. The molecule has 0 spiro atoms. The zero-order valence-corrected chi connectivity index (χ0v) is 15.2. The summed E-state index contributed by atoms with van der Waals surface area (Å²) in [6.45, 7) is 6.26. The second kappa shape index (κ2) is 9.86. The maximum absolute atomic E-state index is 10.2. The molecule has 0 amide bonds. The van der Waals surface area contributed by atoms with Crippen LogP contribution in [-0.2, 0) is 6.61 Å². The van der Waals surface area contributed by atoms with Gasteiger partial charge in [-0.1, -0.05) is 6.07 Å². The molecule has 0 aliphatic rings. The molecule has 0 aliphatic carbocycles. The molecule has 7 heteroatoms. The number of benzene rings is 1. The summed E-state index contributed by atoms with van der Waals surface area (Å²) in [5.74, 6) is -0.893. The van der Waals surface area contributed by atoms with Gasteiger partial charge in [0.25, 0.3) is 0 Å². The maximum Gasteiger partial charge on any atom is 0.337 e. The second-order valence-electron chi connectivity index (χ2n) is 6.74. The van der Waals surface area contributed by atoms with Gasteiger partial charge in [0.1, 0.15) is 5.75 Å². The molecule has 1 atom stereocenters. The van der Waals surface area contributed by atoms with Gasteiger partial charge in [-0.3, -0.25) is 4.98 Å². The number of nitrogens with zero attached hydrogens (tertiary/aromatic N) is 1. The Kier molecular flexibility index (Phi) is 8.18. The molecule has 0 fully saturated rings. The Hall–Kier alpha value is -2.48. The van der Waals surface area contributed by atoms with Crippen molar-refractivity contribution in [3.63, 3.8) is 0 Å². The summed E-state index contributed by atoms with van der Waals surface area (Å²) in [4.78, 5) is 13.8. The van der Waals surface area contributed by atoms with Crippen LogP contribution in [0.5, 0.6) is 5.75 Å². The van der Waals surface area contributed by atoms with Crippen molar-refractivity contribution < 1.29 is 25.2 Å². The first-order valence-corrected chi connectivity index (χ1v) is 8.13. The third-order valence-corrected chi connectivity index (χ3v) is 3.39. The van der Waals surface area contributed by atoms with Crippen LogP contribution < -0.4 is 5.32 Å². The van der Waals surface area contributed by atoms with Crippen LogP contribution >= 0.6 is 0 Å². The molecule has 0 bridgehead atoms. The predicted octanol–water partition coefficient (Wildman–Crippen LogP) is 2.09. The number of aromatic nitrogens is 1. The lowest BCUT2D eigenvalue weighted by Gasteiger charge is -2.23. The lowest BCUT2D eigenvalue weighted by molar-refractivity contribution is 0.0696. The van der Waals surface area contributed by atoms with Gasteiger partial charge in [-0.25, -0.2) is 4.79 Å². The number of phenols is 1. The van der Waals surface area contributed by atoms with Crippen LogP contribution in [0.2, 0.25) is 0 Å². The van der Waals surface area contributed by atoms with E-state index in [0.717, 1.165) is 0 Å². The molecule has 5 N–H and O–H groups in total. The molecule has 1 heterocycles. The van der Waals surface area contributed by atoms with Gasteiger partial charge < -0.3 is 25.7 Å². The molecule has 2 aromatic rings. The quantitative estimate of drug-likeness (QED) is 0.552. The van der Waals surface area contributed by atoms with Gasteiger partial charge >= 0.3 is 5.97 Å². The van der Waals surface area contributed by atoms with Crippen molar-refractivity contribution in [2.75, 3.05) is 6.54 Å². The summed E-state index contributed by atoms with van der Waals surface area (Å²) in [6.07, 6.45) is 2.19. The molecule has 0 saturated heterocycles. The molecule has 1 aromatic carbocycles. The molecule has 0 radical (unpaired) electrons. The van der Waals surface area contributed by atoms with Crippen molar-refractivity contribution in [1.82, 2.24) is 10.3 Å². The molecule has 26 heavy (non-hydrogen) atoms. The summed E-state index contributed by atoms with van der Waals surface area (Å²) >= 11 is 0. The smallest absolute Gasteiger partial charge is 0.337 e. The normalized spacial score (nSPS) is 12.0. The number of hydrogen-bond acceptors (Lipinski definition) is 6. The predicted molar refractivity (Wildman–Crippen MR) is 97.9 cm³/mol. The van der Waals surface area contributed by atoms with E-state index in [-0.39, 0.29) is 23.5 Å². The number of aliphatic hydroxyl groups is 2. The minimum absolute atomic E-state index is 0.0484. The van der Waals surface area contributed by atoms with Crippen LogP contribution in [0.4, 0.5) is 0 Å². The number of pyridine rings is 1. The number of carboxylic acid groups (broad SMARTS) is 1. The molecule has 142 valence electrons. The Balaban J connectivity index is 0.000000314. The molecule has 7 nitrogen and oxygen atoms in total. The van der Waals surface area contributed by atoms with Crippen molar-refractivity contribution in [2.24, 2.45) is 0 Å². The van der Waals surface area contributed by atoms with E-state index in [2.05, 4.69) is 10.3 Å². The topological polar surface area (TPSA) is 123 Å². The summed E-state index contributed by atoms with van der Waals surface area (Å²) in [7, 11) is 0. The highest BCUT2D eigenvalue weighted by molar-refractivity contribution is 5.86. The van der Waals surface area contributed by atoms with E-state index in [1.54, 1.807) is 18.2 Å². The average molecular weight is 362 g/mol. The molecule has 0 saturated carbocycles. The van der Waals surface area contributed by atoms with Crippen molar-refractivity contribution in [3.8, 4) is 5.75 Å². The molecular weight excluding hydrogens is 336 g/mol. The zero-order valence-electron chi connectivity index (χ0n) is 15.2. The standard InChI is InChI=1S/C13H21NO3.C6H5NO2/c1-13(2,3)14-7-12(17)9-4-5-11(16)10(6-9)8-15;8-6(9)5-2-1-3-7-4-5/h4-6,12,14-17H,7-8H2,1-3H3;1-4H,(H,8,9)/t12-;/m0./s1. The summed E-state index contributed by atoms with van der Waals surface area (Å²) in [5.41, 5.74) is 1.27. The lowest BCUT2D eigenvalue weighted by atomic mass is 10.0. The van der Waals surface area contributed by atoms with E-state index < -0.39 is 12.1 Å². The fraction of sp³-hybridized carbons (Fsp3) is 0.368. The number of aromatic hydroxyl groups is 1. The average Bonchev–Trinajstić information content (AvgIpc) is 2.60. The van der Waals surface area contributed by atoms with Gasteiger partial charge in [-0.15, -0.1) is 0 Å². The SMILES string of the molecule is CC(C)(C)NC[C@H](O)c1ccc(O)c(CO)c1.O=C(O)c1cccnc1. The van der Waals surface area contributed by atoms with E-state index >= 15 is 0 Å². The Bertz CT molecular complexity index is 699. The Morgan fingerprint density at radius 3 is 2.42 bits per heavy atom. The zero-order chi connectivity index (χ0) is 19.7. The van der Waals surface area contributed by atoms with Gasteiger partial charge in [-0.2, -0.15) is 0 Å². The second-order valence-corrected chi connectivity index (χ2v) is 6.74. The van der Waals surface area contributed by atoms with Gasteiger partial charge in [0.2, 0.25) is 0 Å². The fourth-order valence-electron chi connectivity index (χ4n) is 1.95. The van der Waals surface area contributed by atoms with Crippen LogP contribution in [0.15, 0.2) is 42.7 Å². The lowest BCUT2D eigenvalue weighted by Crippen LogP contribution is -2.38. The Labute approximate surface area is 153 Å². The number of β-amino-alcohol motifs (C(OH)–C–C–N with tert-alkyl or cyclic N) is 1. The number of aromatic carboxylic acids is 1. The van der Waals surface area contributed by atoms with Crippen molar-refractivity contribution in [3.05, 3.63) is 59.4 Å². The molecule has 1 aromatic heterocycles. The van der Waals surface area contributed by atoms with Crippen LogP contribution in [0, 0.1) is 0 Å². The largest absolute Gasteiger partial charge is 0.508 e. The van der Waals surface area contributed by atoms with Crippen LogP contribution in [0.25, 0.3) is 0 Å².